The second kappa shape index (κ2) is 9.64. The fourth-order valence-corrected chi connectivity index (χ4v) is 5.11. The number of anilines is 1. The molecular formula is C18H28N4O5S. The Morgan fingerprint density at radius 1 is 1.07 bits per heavy atom. The van der Waals surface area contributed by atoms with E-state index >= 15 is 0 Å². The normalized spacial score (nSPS) is 19.9. The minimum atomic E-state index is -3.72. The van der Waals surface area contributed by atoms with E-state index in [1.807, 2.05) is 0 Å². The second-order valence-electron chi connectivity index (χ2n) is 7.14. The van der Waals surface area contributed by atoms with E-state index in [4.69, 9.17) is 4.74 Å². The number of ether oxygens (including phenoxy) is 1. The van der Waals surface area contributed by atoms with Crippen LogP contribution in [0.5, 0.6) is 0 Å². The van der Waals surface area contributed by atoms with E-state index in [0.29, 0.717) is 38.5 Å². The Labute approximate surface area is 165 Å². The number of morpholine rings is 1. The van der Waals surface area contributed by atoms with Crippen molar-refractivity contribution in [3.05, 3.63) is 28.3 Å². The van der Waals surface area contributed by atoms with Crippen LogP contribution in [0.2, 0.25) is 0 Å². The zero-order valence-electron chi connectivity index (χ0n) is 16.0. The molecule has 3 rings (SSSR count). The van der Waals surface area contributed by atoms with Crippen molar-refractivity contribution >= 4 is 21.4 Å². The summed E-state index contributed by atoms with van der Waals surface area (Å²) in [7, 11) is -3.72. The minimum absolute atomic E-state index is 0.0140. The minimum Gasteiger partial charge on any atom is -0.379 e. The molecule has 1 N–H and O–H groups in total. The molecule has 2 heterocycles. The van der Waals surface area contributed by atoms with E-state index in [1.54, 1.807) is 0 Å². The topological polar surface area (TPSA) is 105 Å². The van der Waals surface area contributed by atoms with Gasteiger partial charge in [0, 0.05) is 45.3 Å². The number of sulfonamides is 1. The lowest BCUT2D eigenvalue weighted by Gasteiger charge is -2.26. The van der Waals surface area contributed by atoms with Crippen LogP contribution in [0.3, 0.4) is 0 Å². The Morgan fingerprint density at radius 3 is 2.39 bits per heavy atom. The molecule has 0 radical (unpaired) electrons. The largest absolute Gasteiger partial charge is 0.379 e. The monoisotopic (exact) mass is 412 g/mol. The summed E-state index contributed by atoms with van der Waals surface area (Å²) in [6.45, 7) is 5.30. The van der Waals surface area contributed by atoms with E-state index in [-0.39, 0.29) is 10.6 Å². The number of rotatable bonds is 7. The van der Waals surface area contributed by atoms with E-state index in [1.165, 1.54) is 22.5 Å². The number of nitrogens with one attached hydrogen (secondary N) is 1. The first kappa shape index (κ1) is 21.0. The van der Waals surface area contributed by atoms with Gasteiger partial charge in [-0.3, -0.25) is 15.0 Å². The summed E-state index contributed by atoms with van der Waals surface area (Å²) < 4.78 is 32.6. The zero-order chi connectivity index (χ0) is 20.0. The lowest BCUT2D eigenvalue weighted by atomic mass is 10.2. The molecule has 156 valence electrons. The van der Waals surface area contributed by atoms with Gasteiger partial charge >= 0.3 is 0 Å². The summed E-state index contributed by atoms with van der Waals surface area (Å²) in [6, 6.07) is 4.14. The molecule has 0 bridgehead atoms. The summed E-state index contributed by atoms with van der Waals surface area (Å²) in [5.74, 6) is 0. The molecule has 2 aliphatic heterocycles. The van der Waals surface area contributed by atoms with Crippen molar-refractivity contribution in [2.24, 2.45) is 0 Å². The van der Waals surface area contributed by atoms with Gasteiger partial charge in [-0.2, -0.15) is 4.31 Å². The average molecular weight is 413 g/mol. The van der Waals surface area contributed by atoms with Crippen molar-refractivity contribution in [3.63, 3.8) is 0 Å². The van der Waals surface area contributed by atoms with Crippen molar-refractivity contribution in [1.29, 1.82) is 0 Å². The first-order valence-electron chi connectivity index (χ1n) is 9.81. The lowest BCUT2D eigenvalue weighted by molar-refractivity contribution is -0.384. The molecule has 0 aromatic heterocycles. The van der Waals surface area contributed by atoms with Crippen LogP contribution >= 0.6 is 0 Å². The summed E-state index contributed by atoms with van der Waals surface area (Å²) >= 11 is 0. The number of nitrogens with zero attached hydrogens (tertiary/aromatic N) is 3. The van der Waals surface area contributed by atoms with Crippen molar-refractivity contribution in [2.75, 3.05) is 57.8 Å². The van der Waals surface area contributed by atoms with Gasteiger partial charge in [0.1, 0.15) is 5.69 Å². The Balaban J connectivity index is 1.71. The molecule has 9 nitrogen and oxygen atoms in total. The van der Waals surface area contributed by atoms with Crippen LogP contribution in [0.15, 0.2) is 23.1 Å². The van der Waals surface area contributed by atoms with E-state index in [9.17, 15) is 18.5 Å². The number of hydrogen-bond acceptors (Lipinski definition) is 7. The van der Waals surface area contributed by atoms with Gasteiger partial charge in [0.25, 0.3) is 5.69 Å². The maximum Gasteiger partial charge on any atom is 0.293 e. The van der Waals surface area contributed by atoms with Gasteiger partial charge in [-0.1, -0.05) is 12.8 Å². The predicted molar refractivity (Wildman–Crippen MR) is 106 cm³/mol. The maximum absolute atomic E-state index is 12.9. The van der Waals surface area contributed by atoms with Crippen molar-refractivity contribution in [2.45, 2.75) is 30.6 Å². The first-order valence-corrected chi connectivity index (χ1v) is 11.2. The zero-order valence-corrected chi connectivity index (χ0v) is 16.8. The van der Waals surface area contributed by atoms with Crippen molar-refractivity contribution in [3.8, 4) is 0 Å². The predicted octanol–water partition coefficient (Wildman–Crippen LogP) is 1.90. The molecule has 0 atom stereocenters. The van der Waals surface area contributed by atoms with Crippen molar-refractivity contribution in [1.82, 2.24) is 9.21 Å². The molecule has 0 aliphatic carbocycles. The van der Waals surface area contributed by atoms with Gasteiger partial charge < -0.3 is 10.1 Å². The molecular weight excluding hydrogens is 384 g/mol. The highest BCUT2D eigenvalue weighted by Crippen LogP contribution is 2.29. The fraction of sp³-hybridized carbons (Fsp3) is 0.667. The summed E-state index contributed by atoms with van der Waals surface area (Å²) in [5, 5.41) is 14.6. The molecule has 1 aromatic rings. The highest BCUT2D eigenvalue weighted by molar-refractivity contribution is 7.89. The Kier molecular flexibility index (Phi) is 7.22. The second-order valence-corrected chi connectivity index (χ2v) is 9.07. The van der Waals surface area contributed by atoms with Gasteiger partial charge in [0.05, 0.1) is 23.0 Å². The van der Waals surface area contributed by atoms with Gasteiger partial charge in [-0.15, -0.1) is 0 Å². The molecule has 2 saturated heterocycles. The maximum atomic E-state index is 12.9. The summed E-state index contributed by atoms with van der Waals surface area (Å²) in [6.07, 6.45) is 3.67. The number of hydrogen-bond donors (Lipinski definition) is 1. The van der Waals surface area contributed by atoms with E-state index in [0.717, 1.165) is 45.3 Å². The molecule has 0 amide bonds. The fourth-order valence-electron chi connectivity index (χ4n) is 3.58. The Bertz CT molecular complexity index is 772. The summed E-state index contributed by atoms with van der Waals surface area (Å²) in [4.78, 5) is 13.2. The average Bonchev–Trinajstić information content (AvgIpc) is 2.99. The molecule has 2 fully saturated rings. The lowest BCUT2D eigenvalue weighted by Crippen LogP contribution is -2.39. The first-order chi connectivity index (χ1) is 13.5. The molecule has 28 heavy (non-hydrogen) atoms. The third-order valence-corrected chi connectivity index (χ3v) is 7.11. The number of nitro benzene ring substituents is 1. The summed E-state index contributed by atoms with van der Waals surface area (Å²) in [5.41, 5.74) is 0.131. The van der Waals surface area contributed by atoms with Crippen LogP contribution in [0, 0.1) is 10.1 Å². The van der Waals surface area contributed by atoms with Gasteiger partial charge in [-0.05, 0) is 25.0 Å². The van der Waals surface area contributed by atoms with Crippen LogP contribution in [0.4, 0.5) is 11.4 Å². The SMILES string of the molecule is O=[N+]([O-])c1cc(S(=O)(=O)N2CCCCCC2)ccc1NCCN1CCOCC1. The van der Waals surface area contributed by atoms with Crippen LogP contribution in [-0.4, -0.2) is 75.0 Å². The van der Waals surface area contributed by atoms with Crippen LogP contribution in [0.1, 0.15) is 25.7 Å². The highest BCUT2D eigenvalue weighted by Gasteiger charge is 2.28. The standard InChI is InChI=1S/C18H28N4O5S/c23-22(24)18-15-16(28(25,26)21-8-3-1-2-4-9-21)5-6-17(18)19-7-10-20-11-13-27-14-12-20/h5-6,15,19H,1-4,7-14H2. The van der Waals surface area contributed by atoms with E-state index in [2.05, 4.69) is 10.2 Å². The molecule has 2 aliphatic rings. The Hall–Kier alpha value is -1.75. The molecule has 0 saturated carbocycles. The third-order valence-electron chi connectivity index (χ3n) is 5.22. The van der Waals surface area contributed by atoms with E-state index < -0.39 is 14.9 Å². The molecule has 0 unspecified atom stereocenters. The number of benzene rings is 1. The van der Waals surface area contributed by atoms with Gasteiger partial charge in [-0.25, -0.2) is 8.42 Å². The van der Waals surface area contributed by atoms with Gasteiger partial charge in [0.2, 0.25) is 10.0 Å². The van der Waals surface area contributed by atoms with Crippen LogP contribution in [0.25, 0.3) is 0 Å². The molecule has 10 heteroatoms. The highest BCUT2D eigenvalue weighted by atomic mass is 32.2. The smallest absolute Gasteiger partial charge is 0.293 e. The quantitative estimate of drug-likeness (QED) is 0.539. The van der Waals surface area contributed by atoms with Gasteiger partial charge in [0.15, 0.2) is 0 Å². The molecule has 0 spiro atoms. The molecule has 1 aromatic carbocycles. The third kappa shape index (κ3) is 5.19. The van der Waals surface area contributed by atoms with Crippen molar-refractivity contribution < 1.29 is 18.1 Å². The van der Waals surface area contributed by atoms with Crippen LogP contribution < -0.4 is 5.32 Å². The number of nitro groups is 1. The van der Waals surface area contributed by atoms with Crippen LogP contribution in [-0.2, 0) is 14.8 Å². The Morgan fingerprint density at radius 2 is 1.75 bits per heavy atom.